The monoisotopic (exact) mass is 349 g/mol. The molecule has 2 atom stereocenters. The van der Waals surface area contributed by atoms with Crippen molar-refractivity contribution in [3.63, 3.8) is 0 Å². The lowest BCUT2D eigenvalue weighted by Gasteiger charge is -2.24. The molecule has 1 saturated heterocycles. The number of hydrogen-bond acceptors (Lipinski definition) is 7. The maximum absolute atomic E-state index is 12.5. The van der Waals surface area contributed by atoms with E-state index in [1.165, 1.54) is 11.3 Å². The number of aromatic nitrogens is 2. The molecule has 2 aromatic rings. The first kappa shape index (κ1) is 16.6. The number of nitrogens with zero attached hydrogens (tertiary/aromatic N) is 3. The highest BCUT2D eigenvalue weighted by Gasteiger charge is 2.36. The van der Waals surface area contributed by atoms with Crippen LogP contribution in [0.4, 0.5) is 0 Å². The van der Waals surface area contributed by atoms with Gasteiger partial charge < -0.3 is 14.2 Å². The third-order valence-electron chi connectivity index (χ3n) is 3.93. The van der Waals surface area contributed by atoms with Crippen molar-refractivity contribution in [2.45, 2.75) is 45.3 Å². The minimum Gasteiger partial charge on any atom is -0.451 e. The minimum atomic E-state index is -0.631. The van der Waals surface area contributed by atoms with Crippen LogP contribution in [0.25, 0.3) is 0 Å². The largest absolute Gasteiger partial charge is 0.451 e. The lowest BCUT2D eigenvalue weighted by atomic mass is 10.2. The zero-order valence-corrected chi connectivity index (χ0v) is 14.4. The average molecular weight is 349 g/mol. The van der Waals surface area contributed by atoms with E-state index in [2.05, 4.69) is 10.1 Å². The Morgan fingerprint density at radius 2 is 2.38 bits per heavy atom. The van der Waals surface area contributed by atoms with Crippen molar-refractivity contribution in [3.8, 4) is 0 Å². The Labute approximate surface area is 143 Å². The van der Waals surface area contributed by atoms with E-state index in [4.69, 9.17) is 9.26 Å². The molecule has 7 nitrogen and oxygen atoms in total. The van der Waals surface area contributed by atoms with Crippen LogP contribution in [-0.4, -0.2) is 39.5 Å². The number of rotatable bonds is 5. The molecule has 1 aliphatic heterocycles. The second-order valence-electron chi connectivity index (χ2n) is 5.76. The Morgan fingerprint density at radius 3 is 3.04 bits per heavy atom. The molecule has 1 fully saturated rings. The van der Waals surface area contributed by atoms with E-state index in [0.717, 1.165) is 11.3 Å². The predicted molar refractivity (Wildman–Crippen MR) is 86.3 cm³/mol. The molecule has 2 aromatic heterocycles. The van der Waals surface area contributed by atoms with Gasteiger partial charge >= 0.3 is 5.97 Å². The highest BCUT2D eigenvalue weighted by atomic mass is 32.1. The average Bonchev–Trinajstić information content (AvgIpc) is 3.27. The zero-order valence-electron chi connectivity index (χ0n) is 13.6. The van der Waals surface area contributed by atoms with E-state index in [1.54, 1.807) is 18.7 Å². The van der Waals surface area contributed by atoms with Crippen LogP contribution in [0.2, 0.25) is 0 Å². The SMILES string of the molecule is Cc1noc([C@H](C)OC(=O)[C@H]2CCCN2C(=O)Cc2cccs2)n1. The number of carbonyl (C=O) groups is 2. The quantitative estimate of drug-likeness (QED) is 0.770. The molecule has 0 spiro atoms. The molecule has 1 amide bonds. The summed E-state index contributed by atoms with van der Waals surface area (Å²) in [5.41, 5.74) is 0. The van der Waals surface area contributed by atoms with Gasteiger partial charge in [0.05, 0.1) is 6.42 Å². The first-order valence-corrected chi connectivity index (χ1v) is 8.75. The summed E-state index contributed by atoms with van der Waals surface area (Å²) >= 11 is 1.54. The molecule has 128 valence electrons. The van der Waals surface area contributed by atoms with Gasteiger partial charge in [-0.15, -0.1) is 11.3 Å². The molecule has 3 heterocycles. The summed E-state index contributed by atoms with van der Waals surface area (Å²) in [7, 11) is 0. The number of hydrogen-bond donors (Lipinski definition) is 0. The van der Waals surface area contributed by atoms with Crippen molar-refractivity contribution in [2.24, 2.45) is 0 Å². The second-order valence-corrected chi connectivity index (χ2v) is 6.79. The van der Waals surface area contributed by atoms with Gasteiger partial charge in [0.2, 0.25) is 5.91 Å². The van der Waals surface area contributed by atoms with Crippen LogP contribution >= 0.6 is 11.3 Å². The van der Waals surface area contributed by atoms with Crippen LogP contribution in [0.15, 0.2) is 22.0 Å². The summed E-state index contributed by atoms with van der Waals surface area (Å²) in [4.78, 5) is 31.6. The molecule has 8 heteroatoms. The van der Waals surface area contributed by atoms with Gasteiger partial charge in [-0.05, 0) is 38.1 Å². The number of aryl methyl sites for hydroxylation is 1. The molecule has 0 N–H and O–H groups in total. The van der Waals surface area contributed by atoms with Crippen molar-refractivity contribution in [2.75, 3.05) is 6.54 Å². The van der Waals surface area contributed by atoms with Crippen LogP contribution in [0.1, 0.15) is 42.5 Å². The van der Waals surface area contributed by atoms with E-state index >= 15 is 0 Å². The molecule has 0 bridgehead atoms. The van der Waals surface area contributed by atoms with Crippen molar-refractivity contribution in [1.29, 1.82) is 0 Å². The van der Waals surface area contributed by atoms with Gasteiger partial charge in [0, 0.05) is 11.4 Å². The summed E-state index contributed by atoms with van der Waals surface area (Å²) in [5.74, 6) is 0.283. The molecule has 0 radical (unpaired) electrons. The van der Waals surface area contributed by atoms with Gasteiger partial charge in [0.15, 0.2) is 11.9 Å². The fourth-order valence-corrected chi connectivity index (χ4v) is 3.45. The topological polar surface area (TPSA) is 85.5 Å². The van der Waals surface area contributed by atoms with Crippen LogP contribution in [-0.2, 0) is 20.7 Å². The van der Waals surface area contributed by atoms with E-state index in [1.807, 2.05) is 17.5 Å². The number of amides is 1. The van der Waals surface area contributed by atoms with Gasteiger partial charge in [-0.3, -0.25) is 4.79 Å². The Morgan fingerprint density at radius 1 is 1.54 bits per heavy atom. The summed E-state index contributed by atoms with van der Waals surface area (Å²) in [6, 6.07) is 3.30. The summed E-state index contributed by atoms with van der Waals surface area (Å²) in [5, 5.41) is 5.62. The summed E-state index contributed by atoms with van der Waals surface area (Å²) < 4.78 is 10.4. The molecular weight excluding hydrogens is 330 g/mol. The van der Waals surface area contributed by atoms with E-state index in [0.29, 0.717) is 25.2 Å². The van der Waals surface area contributed by atoms with Crippen LogP contribution in [0.3, 0.4) is 0 Å². The molecule has 24 heavy (non-hydrogen) atoms. The molecule has 0 unspecified atom stereocenters. The smallest absolute Gasteiger partial charge is 0.329 e. The summed E-state index contributed by atoms with van der Waals surface area (Å²) in [6.07, 6.45) is 1.10. The highest BCUT2D eigenvalue weighted by molar-refractivity contribution is 7.10. The van der Waals surface area contributed by atoms with Gasteiger partial charge in [-0.25, -0.2) is 4.79 Å². The van der Waals surface area contributed by atoms with E-state index in [-0.39, 0.29) is 11.8 Å². The molecule has 1 aliphatic rings. The third kappa shape index (κ3) is 3.64. The maximum atomic E-state index is 12.5. The zero-order chi connectivity index (χ0) is 17.1. The van der Waals surface area contributed by atoms with Crippen LogP contribution in [0, 0.1) is 6.92 Å². The Kier molecular flexibility index (Phi) is 4.94. The van der Waals surface area contributed by atoms with Gasteiger partial charge in [0.1, 0.15) is 6.04 Å². The van der Waals surface area contributed by atoms with Gasteiger partial charge in [0.25, 0.3) is 5.89 Å². The lowest BCUT2D eigenvalue weighted by molar-refractivity contribution is -0.158. The third-order valence-corrected chi connectivity index (χ3v) is 4.81. The Bertz CT molecular complexity index is 713. The number of likely N-dealkylation sites (tertiary alicyclic amines) is 1. The van der Waals surface area contributed by atoms with Crippen molar-refractivity contribution >= 4 is 23.2 Å². The van der Waals surface area contributed by atoms with Crippen LogP contribution in [0.5, 0.6) is 0 Å². The standard InChI is InChI=1S/C16H19N3O4S/c1-10(15-17-11(2)18-23-15)22-16(21)13-6-3-7-19(13)14(20)9-12-5-4-8-24-12/h4-5,8,10,13H,3,6-7,9H2,1-2H3/t10-,13+/m0/s1. The van der Waals surface area contributed by atoms with Crippen molar-refractivity contribution in [1.82, 2.24) is 15.0 Å². The predicted octanol–water partition coefficient (Wildman–Crippen LogP) is 2.28. The molecule has 0 aromatic carbocycles. The molecule has 3 rings (SSSR count). The fraction of sp³-hybridized carbons (Fsp3) is 0.500. The highest BCUT2D eigenvalue weighted by Crippen LogP contribution is 2.24. The van der Waals surface area contributed by atoms with E-state index < -0.39 is 18.1 Å². The molecular formula is C16H19N3O4S. The second kappa shape index (κ2) is 7.12. The molecule has 0 saturated carbocycles. The first-order valence-electron chi connectivity index (χ1n) is 7.87. The van der Waals surface area contributed by atoms with Gasteiger partial charge in [-0.2, -0.15) is 4.98 Å². The molecule has 0 aliphatic carbocycles. The summed E-state index contributed by atoms with van der Waals surface area (Å²) in [6.45, 7) is 3.96. The normalized spacial score (nSPS) is 18.6. The van der Waals surface area contributed by atoms with Crippen molar-refractivity contribution in [3.05, 3.63) is 34.1 Å². The van der Waals surface area contributed by atoms with E-state index in [9.17, 15) is 9.59 Å². The van der Waals surface area contributed by atoms with Crippen LogP contribution < -0.4 is 0 Å². The lowest BCUT2D eigenvalue weighted by Crippen LogP contribution is -2.42. The number of carbonyl (C=O) groups excluding carboxylic acids is 2. The minimum absolute atomic E-state index is 0.0433. The number of esters is 1. The Hall–Kier alpha value is -2.22. The van der Waals surface area contributed by atoms with Gasteiger partial charge in [-0.1, -0.05) is 11.2 Å². The first-order chi connectivity index (χ1) is 11.5. The Balaban J connectivity index is 1.61. The fourth-order valence-electron chi connectivity index (χ4n) is 2.76. The maximum Gasteiger partial charge on any atom is 0.329 e. The number of thiophene rings is 1. The number of ether oxygens (including phenoxy) is 1. The van der Waals surface area contributed by atoms with Crippen molar-refractivity contribution < 1.29 is 18.8 Å².